The van der Waals surface area contributed by atoms with E-state index in [-0.39, 0.29) is 12.5 Å². The SMILES string of the molecule is Cc1ccc(C)c(N(CC(=O)Nc2cccnc2)Cc2ccccc2C)c1. The maximum absolute atomic E-state index is 12.7. The fraction of sp³-hybridized carbons (Fsp3) is 0.217. The van der Waals surface area contributed by atoms with E-state index in [0.29, 0.717) is 12.2 Å². The molecule has 0 fully saturated rings. The molecular formula is C23H25N3O. The summed E-state index contributed by atoms with van der Waals surface area (Å²) in [6.07, 6.45) is 3.34. The molecule has 27 heavy (non-hydrogen) atoms. The molecule has 4 nitrogen and oxygen atoms in total. The molecule has 3 aromatic rings. The van der Waals surface area contributed by atoms with E-state index in [0.717, 1.165) is 11.3 Å². The zero-order chi connectivity index (χ0) is 19.2. The van der Waals surface area contributed by atoms with Crippen LogP contribution in [-0.2, 0) is 11.3 Å². The first-order valence-electron chi connectivity index (χ1n) is 9.09. The first-order chi connectivity index (χ1) is 13.0. The summed E-state index contributed by atoms with van der Waals surface area (Å²) in [5.41, 5.74) is 6.56. The van der Waals surface area contributed by atoms with E-state index < -0.39 is 0 Å². The molecule has 4 heteroatoms. The molecule has 0 aliphatic heterocycles. The van der Waals surface area contributed by atoms with Gasteiger partial charge in [-0.3, -0.25) is 9.78 Å². The summed E-state index contributed by atoms with van der Waals surface area (Å²) in [6, 6.07) is 18.3. The van der Waals surface area contributed by atoms with Crippen LogP contribution in [0.1, 0.15) is 22.3 Å². The second-order valence-corrected chi connectivity index (χ2v) is 6.86. The van der Waals surface area contributed by atoms with Gasteiger partial charge in [0, 0.05) is 18.4 Å². The summed E-state index contributed by atoms with van der Waals surface area (Å²) in [7, 11) is 0. The number of carbonyl (C=O) groups excluding carboxylic acids is 1. The highest BCUT2D eigenvalue weighted by atomic mass is 16.2. The van der Waals surface area contributed by atoms with E-state index in [1.54, 1.807) is 12.4 Å². The number of aromatic nitrogens is 1. The van der Waals surface area contributed by atoms with Crippen molar-refractivity contribution in [3.05, 3.63) is 89.2 Å². The number of pyridine rings is 1. The molecule has 138 valence electrons. The van der Waals surface area contributed by atoms with Crippen LogP contribution >= 0.6 is 0 Å². The lowest BCUT2D eigenvalue weighted by Crippen LogP contribution is -2.33. The molecule has 0 radical (unpaired) electrons. The van der Waals surface area contributed by atoms with Gasteiger partial charge in [0.25, 0.3) is 0 Å². The van der Waals surface area contributed by atoms with E-state index >= 15 is 0 Å². The minimum Gasteiger partial charge on any atom is -0.358 e. The summed E-state index contributed by atoms with van der Waals surface area (Å²) >= 11 is 0. The highest BCUT2D eigenvalue weighted by Crippen LogP contribution is 2.24. The highest BCUT2D eigenvalue weighted by Gasteiger charge is 2.16. The van der Waals surface area contributed by atoms with Crippen LogP contribution < -0.4 is 10.2 Å². The third-order valence-corrected chi connectivity index (χ3v) is 4.61. The lowest BCUT2D eigenvalue weighted by molar-refractivity contribution is -0.115. The van der Waals surface area contributed by atoms with Crippen LogP contribution in [0.2, 0.25) is 0 Å². The van der Waals surface area contributed by atoms with Crippen LogP contribution in [-0.4, -0.2) is 17.4 Å². The monoisotopic (exact) mass is 359 g/mol. The predicted molar refractivity (Wildman–Crippen MR) is 111 cm³/mol. The number of hydrogen-bond donors (Lipinski definition) is 1. The number of benzene rings is 2. The average molecular weight is 359 g/mol. The number of aryl methyl sites for hydroxylation is 3. The molecule has 1 amide bonds. The van der Waals surface area contributed by atoms with Crippen molar-refractivity contribution >= 4 is 17.3 Å². The normalized spacial score (nSPS) is 10.5. The number of hydrogen-bond acceptors (Lipinski definition) is 3. The second-order valence-electron chi connectivity index (χ2n) is 6.86. The van der Waals surface area contributed by atoms with Crippen LogP contribution in [0.5, 0.6) is 0 Å². The Morgan fingerprint density at radius 1 is 1.00 bits per heavy atom. The fourth-order valence-corrected chi connectivity index (χ4v) is 3.09. The summed E-state index contributed by atoms with van der Waals surface area (Å²) in [4.78, 5) is 18.9. The number of rotatable bonds is 6. The summed E-state index contributed by atoms with van der Waals surface area (Å²) in [5, 5.41) is 2.93. The Balaban J connectivity index is 1.86. The Morgan fingerprint density at radius 2 is 1.81 bits per heavy atom. The third kappa shape index (κ3) is 4.94. The molecule has 0 aliphatic rings. The van der Waals surface area contributed by atoms with Crippen LogP contribution in [0.15, 0.2) is 67.0 Å². The molecule has 0 bridgehead atoms. The lowest BCUT2D eigenvalue weighted by atomic mass is 10.1. The largest absolute Gasteiger partial charge is 0.358 e. The molecule has 1 heterocycles. The van der Waals surface area contributed by atoms with Gasteiger partial charge in [-0.05, 0) is 61.2 Å². The molecule has 1 aromatic heterocycles. The Hall–Kier alpha value is -3.14. The quantitative estimate of drug-likeness (QED) is 0.697. The Morgan fingerprint density at radius 3 is 2.56 bits per heavy atom. The Bertz CT molecular complexity index is 922. The number of carbonyl (C=O) groups is 1. The van der Waals surface area contributed by atoms with Gasteiger partial charge in [-0.1, -0.05) is 36.4 Å². The van der Waals surface area contributed by atoms with Gasteiger partial charge in [0.2, 0.25) is 5.91 Å². The van der Waals surface area contributed by atoms with Crippen molar-refractivity contribution in [1.29, 1.82) is 0 Å². The topological polar surface area (TPSA) is 45.2 Å². The van der Waals surface area contributed by atoms with Crippen molar-refractivity contribution in [3.8, 4) is 0 Å². The van der Waals surface area contributed by atoms with Crippen LogP contribution in [0, 0.1) is 20.8 Å². The first-order valence-corrected chi connectivity index (χ1v) is 9.09. The van der Waals surface area contributed by atoms with E-state index in [2.05, 4.69) is 66.3 Å². The summed E-state index contributed by atoms with van der Waals surface area (Å²) in [5.74, 6) is -0.0579. The molecule has 0 saturated heterocycles. The predicted octanol–water partition coefficient (Wildman–Crippen LogP) is 4.65. The minimum atomic E-state index is -0.0579. The smallest absolute Gasteiger partial charge is 0.243 e. The number of anilines is 2. The van der Waals surface area contributed by atoms with Gasteiger partial charge >= 0.3 is 0 Å². The van der Waals surface area contributed by atoms with Crippen LogP contribution in [0.25, 0.3) is 0 Å². The molecule has 0 spiro atoms. The molecule has 2 aromatic carbocycles. The third-order valence-electron chi connectivity index (χ3n) is 4.61. The first kappa shape index (κ1) is 18.6. The maximum Gasteiger partial charge on any atom is 0.243 e. The average Bonchev–Trinajstić information content (AvgIpc) is 2.66. The van der Waals surface area contributed by atoms with Gasteiger partial charge in [0.05, 0.1) is 18.4 Å². The maximum atomic E-state index is 12.7. The highest BCUT2D eigenvalue weighted by molar-refractivity contribution is 5.94. The summed E-state index contributed by atoms with van der Waals surface area (Å²) in [6.45, 7) is 7.21. The van der Waals surface area contributed by atoms with Crippen molar-refractivity contribution in [2.24, 2.45) is 0 Å². The van der Waals surface area contributed by atoms with Gasteiger partial charge in [0.1, 0.15) is 0 Å². The van der Waals surface area contributed by atoms with Gasteiger partial charge in [-0.25, -0.2) is 0 Å². The molecule has 1 N–H and O–H groups in total. The van der Waals surface area contributed by atoms with Crippen LogP contribution in [0.4, 0.5) is 11.4 Å². The number of amides is 1. The van der Waals surface area contributed by atoms with Crippen LogP contribution in [0.3, 0.4) is 0 Å². The van der Waals surface area contributed by atoms with Gasteiger partial charge < -0.3 is 10.2 Å². The standard InChI is InChI=1S/C23H25N3O/c1-17-10-11-19(3)22(13-17)26(15-20-8-5-4-7-18(20)2)16-23(27)25-21-9-6-12-24-14-21/h4-14H,15-16H2,1-3H3,(H,25,27). The molecule has 0 unspecified atom stereocenters. The Labute approximate surface area is 160 Å². The van der Waals surface area contributed by atoms with Gasteiger partial charge in [-0.15, -0.1) is 0 Å². The zero-order valence-corrected chi connectivity index (χ0v) is 16.1. The van der Waals surface area contributed by atoms with E-state index in [9.17, 15) is 4.79 Å². The number of nitrogens with zero attached hydrogens (tertiary/aromatic N) is 2. The van der Waals surface area contributed by atoms with Crippen molar-refractivity contribution < 1.29 is 4.79 Å². The van der Waals surface area contributed by atoms with Crippen molar-refractivity contribution in [3.63, 3.8) is 0 Å². The minimum absolute atomic E-state index is 0.0579. The van der Waals surface area contributed by atoms with Gasteiger partial charge in [0.15, 0.2) is 0 Å². The zero-order valence-electron chi connectivity index (χ0n) is 16.1. The van der Waals surface area contributed by atoms with Gasteiger partial charge in [-0.2, -0.15) is 0 Å². The summed E-state index contributed by atoms with van der Waals surface area (Å²) < 4.78 is 0. The van der Waals surface area contributed by atoms with E-state index in [4.69, 9.17) is 0 Å². The fourth-order valence-electron chi connectivity index (χ4n) is 3.09. The van der Waals surface area contributed by atoms with E-state index in [1.807, 2.05) is 24.3 Å². The number of nitrogens with one attached hydrogen (secondary N) is 1. The van der Waals surface area contributed by atoms with Crippen molar-refractivity contribution in [1.82, 2.24) is 4.98 Å². The second kappa shape index (κ2) is 8.49. The Kier molecular flexibility index (Phi) is 5.87. The molecule has 3 rings (SSSR count). The molecular weight excluding hydrogens is 334 g/mol. The lowest BCUT2D eigenvalue weighted by Gasteiger charge is -2.27. The molecule has 0 saturated carbocycles. The van der Waals surface area contributed by atoms with Crippen molar-refractivity contribution in [2.45, 2.75) is 27.3 Å². The molecule has 0 aliphatic carbocycles. The molecule has 0 atom stereocenters. The van der Waals surface area contributed by atoms with Crippen molar-refractivity contribution in [2.75, 3.05) is 16.8 Å². The van der Waals surface area contributed by atoms with E-state index in [1.165, 1.54) is 16.7 Å².